The summed E-state index contributed by atoms with van der Waals surface area (Å²) >= 11 is 0. The number of pyridine rings is 1. The molecule has 1 amide bonds. The maximum atomic E-state index is 13.1. The van der Waals surface area contributed by atoms with Gasteiger partial charge in [0.1, 0.15) is 17.2 Å². The fourth-order valence-electron chi connectivity index (χ4n) is 5.17. The Kier molecular flexibility index (Phi) is 7.12. The smallest absolute Gasteiger partial charge is 0.335 e. The second kappa shape index (κ2) is 11.2. The first-order valence-electron chi connectivity index (χ1n) is 13.5. The zero-order chi connectivity index (χ0) is 28.3. The summed E-state index contributed by atoms with van der Waals surface area (Å²) in [7, 11) is 0. The number of anilines is 2. The fourth-order valence-corrected chi connectivity index (χ4v) is 5.17. The lowest BCUT2D eigenvalue weighted by Gasteiger charge is -2.18. The third kappa shape index (κ3) is 5.63. The second-order valence-corrected chi connectivity index (χ2v) is 10.2. The number of aryl methyl sites for hydroxylation is 1. The van der Waals surface area contributed by atoms with Crippen molar-refractivity contribution in [2.75, 3.05) is 29.9 Å². The molecular weight excluding hydrogens is 518 g/mol. The van der Waals surface area contributed by atoms with Gasteiger partial charge in [-0.25, -0.2) is 9.78 Å². The Morgan fingerprint density at radius 2 is 1.83 bits per heavy atom. The summed E-state index contributed by atoms with van der Waals surface area (Å²) in [6.45, 7) is 4.10. The van der Waals surface area contributed by atoms with Gasteiger partial charge in [0.25, 0.3) is 5.91 Å². The minimum atomic E-state index is -0.955. The zero-order valence-electron chi connectivity index (χ0n) is 22.5. The van der Waals surface area contributed by atoms with Gasteiger partial charge in [-0.3, -0.25) is 4.79 Å². The van der Waals surface area contributed by atoms with Crippen molar-refractivity contribution in [3.63, 3.8) is 0 Å². The number of carboxylic acids is 1. The lowest BCUT2D eigenvalue weighted by atomic mass is 10.0. The largest absolute Gasteiger partial charge is 0.493 e. The van der Waals surface area contributed by atoms with E-state index in [9.17, 15) is 9.59 Å². The Bertz CT molecular complexity index is 1700. The van der Waals surface area contributed by atoms with E-state index in [0.717, 1.165) is 47.4 Å². The highest BCUT2D eigenvalue weighted by Gasteiger charge is 2.24. The molecule has 1 aliphatic rings. The first kappa shape index (κ1) is 26.1. The van der Waals surface area contributed by atoms with E-state index in [-0.39, 0.29) is 17.2 Å². The number of hydrogen-bond donors (Lipinski definition) is 2. The summed E-state index contributed by atoms with van der Waals surface area (Å²) < 4.78 is 11.8. The van der Waals surface area contributed by atoms with E-state index in [1.165, 1.54) is 0 Å². The quantitative estimate of drug-likeness (QED) is 0.224. The molecule has 0 saturated carbocycles. The molecule has 8 heteroatoms. The highest BCUT2D eigenvalue weighted by Crippen LogP contribution is 2.31. The van der Waals surface area contributed by atoms with Crippen LogP contribution in [0.2, 0.25) is 0 Å². The van der Waals surface area contributed by atoms with Crippen molar-refractivity contribution >= 4 is 34.4 Å². The van der Waals surface area contributed by atoms with Crippen LogP contribution in [0.15, 0.2) is 95.5 Å². The molecule has 1 fully saturated rings. The van der Waals surface area contributed by atoms with Crippen LogP contribution < -0.4 is 15.0 Å². The number of amides is 1. The molecule has 206 valence electrons. The third-order valence-electron chi connectivity index (χ3n) is 7.45. The summed E-state index contributed by atoms with van der Waals surface area (Å²) in [5.74, 6) is 0.836. The maximum absolute atomic E-state index is 13.1. The van der Waals surface area contributed by atoms with Gasteiger partial charge < -0.3 is 24.5 Å². The highest BCUT2D eigenvalue weighted by molar-refractivity contribution is 6.06. The minimum absolute atomic E-state index is 0.236. The number of carbonyl (C=O) groups excluding carboxylic acids is 1. The number of fused-ring (bicyclic) bond motifs is 1. The molecule has 0 unspecified atom stereocenters. The maximum Gasteiger partial charge on any atom is 0.335 e. The van der Waals surface area contributed by atoms with Crippen LogP contribution in [-0.4, -0.2) is 41.7 Å². The number of ether oxygens (including phenoxy) is 1. The van der Waals surface area contributed by atoms with Gasteiger partial charge in [-0.1, -0.05) is 36.4 Å². The lowest BCUT2D eigenvalue weighted by Crippen LogP contribution is -2.22. The molecule has 1 aliphatic heterocycles. The van der Waals surface area contributed by atoms with Crippen molar-refractivity contribution in [2.45, 2.75) is 13.3 Å². The molecule has 0 bridgehead atoms. The normalized spacial score (nSPS) is 14.8. The van der Waals surface area contributed by atoms with Crippen molar-refractivity contribution in [3.05, 3.63) is 108 Å². The lowest BCUT2D eigenvalue weighted by molar-refractivity contribution is 0.0696. The van der Waals surface area contributed by atoms with Gasteiger partial charge in [-0.15, -0.1) is 0 Å². The van der Waals surface area contributed by atoms with E-state index >= 15 is 0 Å². The molecule has 0 spiro atoms. The second-order valence-electron chi connectivity index (χ2n) is 10.2. The van der Waals surface area contributed by atoms with Crippen LogP contribution in [-0.2, 0) is 0 Å². The van der Waals surface area contributed by atoms with Crippen LogP contribution in [0.3, 0.4) is 0 Å². The molecule has 1 atom stereocenters. The average Bonchev–Trinajstić information content (AvgIpc) is 3.61. The standard InChI is InChI=1S/C33H29N3O5/c1-21-28-17-25(23-5-3-2-4-6-23)9-13-29(28)41-31(21)32(37)35-26-10-14-30(34-18-26)36-16-15-22(19-36)20-40-27-11-7-24(8-12-27)33(38)39/h2-14,17-18,22H,15-16,19-20H2,1H3,(H,35,37)(H,38,39)/t22-/m0/s1. The van der Waals surface area contributed by atoms with E-state index in [0.29, 0.717) is 29.5 Å². The number of nitrogens with zero attached hydrogens (tertiary/aromatic N) is 2. The molecule has 2 N–H and O–H groups in total. The summed E-state index contributed by atoms with van der Waals surface area (Å²) in [5, 5.41) is 12.9. The third-order valence-corrected chi connectivity index (χ3v) is 7.45. The number of carbonyl (C=O) groups is 2. The summed E-state index contributed by atoms with van der Waals surface area (Å²) in [6.07, 6.45) is 2.62. The Morgan fingerprint density at radius 1 is 1.02 bits per heavy atom. The summed E-state index contributed by atoms with van der Waals surface area (Å²) in [4.78, 5) is 30.9. The average molecular weight is 548 g/mol. The van der Waals surface area contributed by atoms with Crippen molar-refractivity contribution in [3.8, 4) is 16.9 Å². The van der Waals surface area contributed by atoms with Crippen molar-refractivity contribution < 1.29 is 23.8 Å². The Balaban J connectivity index is 1.06. The molecule has 6 rings (SSSR count). The Hall–Kier alpha value is -5.11. The Labute approximate surface area is 237 Å². The molecule has 3 aromatic carbocycles. The van der Waals surface area contributed by atoms with Crippen molar-refractivity contribution in [1.29, 1.82) is 0 Å². The van der Waals surface area contributed by atoms with Crippen LogP contribution in [0.5, 0.6) is 5.75 Å². The van der Waals surface area contributed by atoms with Crippen LogP contribution in [0.25, 0.3) is 22.1 Å². The first-order valence-corrected chi connectivity index (χ1v) is 13.5. The molecular formula is C33H29N3O5. The molecule has 3 heterocycles. The summed E-state index contributed by atoms with van der Waals surface area (Å²) in [5.41, 5.74) is 4.47. The molecule has 0 aliphatic carbocycles. The number of rotatable bonds is 8. The van der Waals surface area contributed by atoms with Crippen LogP contribution >= 0.6 is 0 Å². The molecule has 8 nitrogen and oxygen atoms in total. The number of furan rings is 1. The fraction of sp³-hybridized carbons (Fsp3) is 0.182. The molecule has 1 saturated heterocycles. The van der Waals surface area contributed by atoms with E-state index in [1.54, 1.807) is 30.5 Å². The highest BCUT2D eigenvalue weighted by atomic mass is 16.5. The Morgan fingerprint density at radius 3 is 2.56 bits per heavy atom. The zero-order valence-corrected chi connectivity index (χ0v) is 22.5. The SMILES string of the molecule is Cc1c(C(=O)Nc2ccc(N3CC[C@H](COc4ccc(C(=O)O)cc4)C3)nc2)oc2ccc(-c3ccccc3)cc12. The van der Waals surface area contributed by atoms with Gasteiger partial charge in [0.2, 0.25) is 0 Å². The van der Waals surface area contributed by atoms with Gasteiger partial charge in [0, 0.05) is 30.0 Å². The number of nitrogens with one attached hydrogen (secondary N) is 1. The predicted molar refractivity (Wildman–Crippen MR) is 158 cm³/mol. The van der Waals surface area contributed by atoms with Gasteiger partial charge in [-0.2, -0.15) is 0 Å². The monoisotopic (exact) mass is 547 g/mol. The van der Waals surface area contributed by atoms with E-state index in [1.807, 2.05) is 49.4 Å². The van der Waals surface area contributed by atoms with Gasteiger partial charge in [0.15, 0.2) is 5.76 Å². The molecule has 0 radical (unpaired) electrons. The number of hydrogen-bond acceptors (Lipinski definition) is 6. The van der Waals surface area contributed by atoms with E-state index in [2.05, 4.69) is 33.4 Å². The van der Waals surface area contributed by atoms with Crippen LogP contribution in [0.1, 0.15) is 32.9 Å². The van der Waals surface area contributed by atoms with E-state index < -0.39 is 5.97 Å². The minimum Gasteiger partial charge on any atom is -0.493 e. The molecule has 5 aromatic rings. The van der Waals surface area contributed by atoms with Gasteiger partial charge >= 0.3 is 5.97 Å². The first-order chi connectivity index (χ1) is 19.9. The number of benzene rings is 3. The number of aromatic carboxylic acids is 1. The predicted octanol–water partition coefficient (Wildman–Crippen LogP) is 6.66. The molecule has 41 heavy (non-hydrogen) atoms. The van der Waals surface area contributed by atoms with Crippen LogP contribution in [0, 0.1) is 12.8 Å². The topological polar surface area (TPSA) is 105 Å². The van der Waals surface area contributed by atoms with Gasteiger partial charge in [-0.05, 0) is 73.0 Å². The van der Waals surface area contributed by atoms with Crippen LogP contribution in [0.4, 0.5) is 11.5 Å². The number of carboxylic acid groups (broad SMARTS) is 1. The van der Waals surface area contributed by atoms with Crippen molar-refractivity contribution in [1.82, 2.24) is 4.98 Å². The van der Waals surface area contributed by atoms with E-state index in [4.69, 9.17) is 14.3 Å². The molecule has 2 aromatic heterocycles. The van der Waals surface area contributed by atoms with Gasteiger partial charge in [0.05, 0.1) is 24.1 Å². The number of aromatic nitrogens is 1. The van der Waals surface area contributed by atoms with Crippen molar-refractivity contribution in [2.24, 2.45) is 5.92 Å². The summed E-state index contributed by atoms with van der Waals surface area (Å²) in [6, 6.07) is 26.3.